The molecule has 18 heavy (non-hydrogen) atoms. The highest BCUT2D eigenvalue weighted by molar-refractivity contribution is 9.10. The molecule has 0 aromatic carbocycles. The van der Waals surface area contributed by atoms with E-state index in [1.165, 1.54) is 6.26 Å². The van der Waals surface area contributed by atoms with Gasteiger partial charge in [0.25, 0.3) is 0 Å². The highest BCUT2D eigenvalue weighted by Crippen LogP contribution is 2.23. The summed E-state index contributed by atoms with van der Waals surface area (Å²) in [5.41, 5.74) is 7.89. The minimum atomic E-state index is -3.12. The summed E-state index contributed by atoms with van der Waals surface area (Å²) in [6, 6.07) is -0.434. The summed E-state index contributed by atoms with van der Waals surface area (Å²) in [7, 11) is -1.27. The molecule has 5 nitrogen and oxygen atoms in total. The summed E-state index contributed by atoms with van der Waals surface area (Å²) < 4.78 is 25.7. The van der Waals surface area contributed by atoms with Crippen LogP contribution in [0.2, 0.25) is 0 Å². The summed E-state index contributed by atoms with van der Waals surface area (Å²) in [5.74, 6) is 0. The molecule has 0 aliphatic carbocycles. The lowest BCUT2D eigenvalue weighted by atomic mass is 10.1. The molecule has 1 aromatic rings. The third-order valence-electron chi connectivity index (χ3n) is 3.21. The van der Waals surface area contributed by atoms with Crippen molar-refractivity contribution in [3.8, 4) is 0 Å². The first-order valence-corrected chi connectivity index (χ1v) is 8.57. The molecular formula is C11H20BrN3O2S. The third-order valence-corrected chi connectivity index (χ3v) is 5.83. The smallest absolute Gasteiger partial charge is 0.151 e. The van der Waals surface area contributed by atoms with Crippen LogP contribution < -0.4 is 5.73 Å². The highest BCUT2D eigenvalue weighted by atomic mass is 79.9. The zero-order chi connectivity index (χ0) is 14.1. The number of nitrogens with two attached hydrogens (primary N) is 1. The van der Waals surface area contributed by atoms with Gasteiger partial charge in [0.2, 0.25) is 0 Å². The Morgan fingerprint density at radius 3 is 2.44 bits per heavy atom. The maximum absolute atomic E-state index is 11.5. The molecule has 1 heterocycles. The molecule has 0 aliphatic rings. The topological polar surface area (TPSA) is 78.0 Å². The van der Waals surface area contributed by atoms with Crippen molar-refractivity contribution in [1.29, 1.82) is 0 Å². The Morgan fingerprint density at radius 2 is 2.06 bits per heavy atom. The van der Waals surface area contributed by atoms with Crippen molar-refractivity contribution >= 4 is 25.8 Å². The largest absolute Gasteiger partial charge is 0.326 e. The first-order chi connectivity index (χ1) is 8.18. The zero-order valence-electron chi connectivity index (χ0n) is 11.1. The minimum Gasteiger partial charge on any atom is -0.326 e. The molecule has 0 saturated heterocycles. The van der Waals surface area contributed by atoms with Crippen LogP contribution in [0.5, 0.6) is 0 Å². The summed E-state index contributed by atoms with van der Waals surface area (Å²) in [4.78, 5) is 0. The quantitative estimate of drug-likeness (QED) is 0.870. The standard InChI is InChI=1S/C11H20BrN3O2S/c1-5-9-11(12)10(15(3)14-9)6-8(13)7(2)18(4,16)17/h7-8H,5-6,13H2,1-4H3. The first kappa shape index (κ1) is 15.7. The number of aromatic nitrogens is 2. The van der Waals surface area contributed by atoms with Crippen LogP contribution in [0.15, 0.2) is 4.47 Å². The van der Waals surface area contributed by atoms with Gasteiger partial charge in [-0.2, -0.15) is 5.10 Å². The van der Waals surface area contributed by atoms with Gasteiger partial charge in [-0.15, -0.1) is 0 Å². The number of aryl methyl sites for hydroxylation is 2. The summed E-state index contributed by atoms with van der Waals surface area (Å²) in [6.07, 6.45) is 2.52. The highest BCUT2D eigenvalue weighted by Gasteiger charge is 2.25. The second-order valence-corrected chi connectivity index (χ2v) is 7.78. The second-order valence-electron chi connectivity index (χ2n) is 4.59. The molecule has 0 fully saturated rings. The van der Waals surface area contributed by atoms with E-state index in [-0.39, 0.29) is 0 Å². The van der Waals surface area contributed by atoms with Crippen molar-refractivity contribution in [3.63, 3.8) is 0 Å². The molecule has 7 heteroatoms. The molecular weight excluding hydrogens is 318 g/mol. The van der Waals surface area contributed by atoms with Gasteiger partial charge in [-0.05, 0) is 29.3 Å². The van der Waals surface area contributed by atoms with Gasteiger partial charge < -0.3 is 5.73 Å². The van der Waals surface area contributed by atoms with Crippen molar-refractivity contribution < 1.29 is 8.42 Å². The molecule has 1 rings (SSSR count). The second kappa shape index (κ2) is 5.71. The number of rotatable bonds is 5. The monoisotopic (exact) mass is 337 g/mol. The molecule has 2 N–H and O–H groups in total. The Morgan fingerprint density at radius 1 is 1.50 bits per heavy atom. The normalized spacial score (nSPS) is 15.7. The summed E-state index contributed by atoms with van der Waals surface area (Å²) in [5, 5.41) is 3.80. The fourth-order valence-corrected chi connectivity index (χ4v) is 3.26. The van der Waals surface area contributed by atoms with E-state index in [1.807, 2.05) is 14.0 Å². The minimum absolute atomic E-state index is 0.434. The van der Waals surface area contributed by atoms with Gasteiger partial charge in [0.15, 0.2) is 9.84 Å². The average Bonchev–Trinajstić information content (AvgIpc) is 2.54. The summed E-state index contributed by atoms with van der Waals surface area (Å²) in [6.45, 7) is 3.67. The Hall–Kier alpha value is -0.400. The van der Waals surface area contributed by atoms with Gasteiger partial charge in [0.05, 0.1) is 21.1 Å². The van der Waals surface area contributed by atoms with E-state index in [2.05, 4.69) is 21.0 Å². The molecule has 0 amide bonds. The van der Waals surface area contributed by atoms with Crippen LogP contribution >= 0.6 is 15.9 Å². The Bertz CT molecular complexity index is 525. The number of hydrogen-bond donors (Lipinski definition) is 1. The third kappa shape index (κ3) is 3.33. The molecule has 104 valence electrons. The van der Waals surface area contributed by atoms with Gasteiger partial charge in [-0.1, -0.05) is 6.92 Å². The fraction of sp³-hybridized carbons (Fsp3) is 0.727. The lowest BCUT2D eigenvalue weighted by Gasteiger charge is -2.18. The van der Waals surface area contributed by atoms with E-state index < -0.39 is 21.1 Å². The predicted octanol–water partition coefficient (Wildman–Crippen LogP) is 1.05. The molecule has 0 saturated carbocycles. The lowest BCUT2D eigenvalue weighted by molar-refractivity contribution is 0.551. The number of nitrogens with zero attached hydrogens (tertiary/aromatic N) is 2. The SMILES string of the molecule is CCc1nn(C)c(CC(N)C(C)S(C)(=O)=O)c1Br. The number of hydrogen-bond acceptors (Lipinski definition) is 4. The van der Waals surface area contributed by atoms with Crippen LogP contribution in [0.3, 0.4) is 0 Å². The van der Waals surface area contributed by atoms with E-state index in [0.717, 1.165) is 22.3 Å². The van der Waals surface area contributed by atoms with Crippen molar-refractivity contribution in [2.45, 2.75) is 38.0 Å². The van der Waals surface area contributed by atoms with E-state index >= 15 is 0 Å². The van der Waals surface area contributed by atoms with E-state index in [1.54, 1.807) is 11.6 Å². The molecule has 1 aromatic heterocycles. The molecule has 0 spiro atoms. The van der Waals surface area contributed by atoms with Crippen LogP contribution in [0.1, 0.15) is 25.2 Å². The Balaban J connectivity index is 2.95. The van der Waals surface area contributed by atoms with Crippen LogP contribution in [-0.2, 0) is 29.7 Å². The molecule has 0 radical (unpaired) electrons. The van der Waals surface area contributed by atoms with Crippen LogP contribution in [0.4, 0.5) is 0 Å². The zero-order valence-corrected chi connectivity index (χ0v) is 13.5. The molecule has 2 atom stereocenters. The van der Waals surface area contributed by atoms with Crippen molar-refractivity contribution in [2.24, 2.45) is 12.8 Å². The van der Waals surface area contributed by atoms with Crippen LogP contribution in [-0.4, -0.2) is 35.7 Å². The maximum Gasteiger partial charge on any atom is 0.151 e. The fourth-order valence-electron chi connectivity index (χ4n) is 1.75. The lowest BCUT2D eigenvalue weighted by Crippen LogP contribution is -2.40. The van der Waals surface area contributed by atoms with Gasteiger partial charge in [0, 0.05) is 25.8 Å². The predicted molar refractivity (Wildman–Crippen MR) is 76.3 cm³/mol. The van der Waals surface area contributed by atoms with Crippen molar-refractivity contribution in [2.75, 3.05) is 6.26 Å². The molecule has 0 aliphatic heterocycles. The summed E-state index contributed by atoms with van der Waals surface area (Å²) >= 11 is 3.50. The molecule has 0 bridgehead atoms. The van der Waals surface area contributed by atoms with Gasteiger partial charge in [-0.3, -0.25) is 4.68 Å². The van der Waals surface area contributed by atoms with Crippen molar-refractivity contribution in [1.82, 2.24) is 9.78 Å². The van der Waals surface area contributed by atoms with Crippen LogP contribution in [0, 0.1) is 0 Å². The number of halogens is 1. The Labute approximate surface area is 117 Å². The van der Waals surface area contributed by atoms with E-state index in [0.29, 0.717) is 6.42 Å². The Kier molecular flexibility index (Phi) is 4.97. The van der Waals surface area contributed by atoms with E-state index in [4.69, 9.17) is 5.73 Å². The van der Waals surface area contributed by atoms with Gasteiger partial charge >= 0.3 is 0 Å². The van der Waals surface area contributed by atoms with Crippen molar-refractivity contribution in [3.05, 3.63) is 15.9 Å². The van der Waals surface area contributed by atoms with Gasteiger partial charge in [0.1, 0.15) is 0 Å². The first-order valence-electron chi connectivity index (χ1n) is 5.83. The van der Waals surface area contributed by atoms with Crippen LogP contribution in [0.25, 0.3) is 0 Å². The average molecular weight is 338 g/mol. The number of sulfone groups is 1. The maximum atomic E-state index is 11.5. The van der Waals surface area contributed by atoms with E-state index in [9.17, 15) is 8.42 Å². The molecule has 2 unspecified atom stereocenters. The van der Waals surface area contributed by atoms with Gasteiger partial charge in [-0.25, -0.2) is 8.42 Å².